The molecule has 0 bridgehead atoms. The monoisotopic (exact) mass is 90.1 g/mol. The quantitative estimate of drug-likeness (QED) is 0.519. The van der Waals surface area contributed by atoms with Gasteiger partial charge in [0.15, 0.2) is 0 Å². The molecule has 36 valence electrons. The second-order valence-corrected chi connectivity index (χ2v) is 0.797. The average Bonchev–Trinajstić information content (AvgIpc) is 1.65. The fourth-order valence-electron chi connectivity index (χ4n) is 0.142. The molecule has 2 nitrogen and oxygen atoms in total. The number of carbonyl (C=O) groups excluding carboxylic acids is 1. The zero-order chi connectivity index (χ0) is 7.65. The largest absolute Gasteiger partial charge is 0.370 e. The van der Waals surface area contributed by atoms with E-state index < -0.39 is 18.7 Å². The summed E-state index contributed by atoms with van der Waals surface area (Å²) in [7, 11) is 0. The number of amides is 1. The lowest BCUT2D eigenvalue weighted by molar-refractivity contribution is -0.118. The average molecular weight is 90.1 g/mol. The molecule has 0 aliphatic rings. The van der Waals surface area contributed by atoms with Gasteiger partial charge in [0, 0.05) is 10.5 Å². The Morgan fingerprint density at radius 3 is 2.67 bits per heavy atom. The van der Waals surface area contributed by atoms with E-state index in [0.29, 0.717) is 0 Å². The van der Waals surface area contributed by atoms with Gasteiger partial charge in [-0.25, -0.2) is 0 Å². The maximum atomic E-state index is 10.2. The topological polar surface area (TPSA) is 43.1 Å². The zero-order valence-corrected chi connectivity index (χ0v) is 3.56. The predicted molar refractivity (Wildman–Crippen MR) is 24.1 cm³/mol. The number of primary amides is 1. The summed E-state index contributed by atoms with van der Waals surface area (Å²) >= 11 is 0. The Morgan fingerprint density at radius 2 is 2.67 bits per heavy atom. The highest BCUT2D eigenvalue weighted by molar-refractivity contribution is 5.73. The molecule has 0 fully saturated rings. The first-order valence-electron chi connectivity index (χ1n) is 3.19. The standard InChI is InChI=1S/C4H9NO/c1-2-3-4(5)6/h2-3H2,1H3,(H2,5,6)/i2D,3D2. The molecule has 0 saturated carbocycles. The summed E-state index contributed by atoms with van der Waals surface area (Å²) in [5.41, 5.74) is 4.64. The Kier molecular flexibility index (Phi) is 0.879. The molecule has 0 saturated heterocycles. The smallest absolute Gasteiger partial charge is 0.217 e. The number of rotatable bonds is 2. The molecule has 0 aliphatic carbocycles. The van der Waals surface area contributed by atoms with E-state index in [9.17, 15) is 4.79 Å². The Bertz CT molecular complexity index is 123. The summed E-state index contributed by atoms with van der Waals surface area (Å²) in [5, 5.41) is 0. The molecule has 0 aliphatic heterocycles. The molecule has 0 heterocycles. The molecular formula is C4H9NO. The van der Waals surface area contributed by atoms with Crippen LogP contribution in [0, 0.1) is 0 Å². The molecule has 0 aromatic carbocycles. The van der Waals surface area contributed by atoms with Crippen LogP contribution in [0.5, 0.6) is 0 Å². The highest BCUT2D eigenvalue weighted by atomic mass is 16.1. The second kappa shape index (κ2) is 2.69. The predicted octanol–water partition coefficient (Wildman–Crippen LogP) is 0.272. The van der Waals surface area contributed by atoms with Gasteiger partial charge in [-0.15, -0.1) is 0 Å². The van der Waals surface area contributed by atoms with E-state index in [0.717, 1.165) is 0 Å². The molecule has 2 heteroatoms. The maximum Gasteiger partial charge on any atom is 0.217 e. The first-order chi connectivity index (χ1) is 3.89. The van der Waals surface area contributed by atoms with Crippen molar-refractivity contribution < 1.29 is 8.91 Å². The summed E-state index contributed by atoms with van der Waals surface area (Å²) in [6.45, 7) is 1.28. The van der Waals surface area contributed by atoms with E-state index in [-0.39, 0.29) is 0 Å². The lowest BCUT2D eigenvalue weighted by Gasteiger charge is -1.81. The summed E-state index contributed by atoms with van der Waals surface area (Å²) in [4.78, 5) is 10.2. The normalized spacial score (nSPS) is 23.2. The van der Waals surface area contributed by atoms with Crippen LogP contribution in [-0.2, 0) is 4.79 Å². The van der Waals surface area contributed by atoms with Crippen molar-refractivity contribution >= 4 is 5.91 Å². The molecule has 2 N–H and O–H groups in total. The number of carbonyl (C=O) groups is 1. The van der Waals surface area contributed by atoms with E-state index in [4.69, 9.17) is 4.11 Å². The van der Waals surface area contributed by atoms with E-state index in [1.165, 1.54) is 6.92 Å². The van der Waals surface area contributed by atoms with E-state index in [1.54, 1.807) is 0 Å². The number of hydrogen-bond donors (Lipinski definition) is 1. The minimum Gasteiger partial charge on any atom is -0.370 e. The Hall–Kier alpha value is -0.530. The van der Waals surface area contributed by atoms with Crippen LogP contribution in [0.15, 0.2) is 0 Å². The molecule has 0 radical (unpaired) electrons. The van der Waals surface area contributed by atoms with E-state index >= 15 is 0 Å². The van der Waals surface area contributed by atoms with Crippen LogP contribution in [0.2, 0.25) is 0 Å². The minimum atomic E-state index is -2.19. The third-order valence-electron chi connectivity index (χ3n) is 0.287. The van der Waals surface area contributed by atoms with Crippen molar-refractivity contribution in [2.45, 2.75) is 19.7 Å². The van der Waals surface area contributed by atoms with Gasteiger partial charge in [0.25, 0.3) is 0 Å². The number of hydrogen-bond acceptors (Lipinski definition) is 1. The SMILES string of the molecule is [2H]C(C)C([2H])([2H])C(N)=O. The summed E-state index contributed by atoms with van der Waals surface area (Å²) < 4.78 is 20.5. The summed E-state index contributed by atoms with van der Waals surface area (Å²) in [6, 6.07) is 0. The van der Waals surface area contributed by atoms with Crippen molar-refractivity contribution in [3.63, 3.8) is 0 Å². The van der Waals surface area contributed by atoms with Crippen molar-refractivity contribution in [2.24, 2.45) is 5.73 Å². The van der Waals surface area contributed by atoms with Crippen molar-refractivity contribution in [3.05, 3.63) is 0 Å². The van der Waals surface area contributed by atoms with Crippen molar-refractivity contribution in [2.75, 3.05) is 0 Å². The van der Waals surface area contributed by atoms with Crippen molar-refractivity contribution in [3.8, 4) is 0 Å². The summed E-state index contributed by atoms with van der Waals surface area (Å²) in [6.07, 6.45) is -3.30. The Balaban J connectivity index is 4.19. The fourth-order valence-corrected chi connectivity index (χ4v) is 0.142. The van der Waals surface area contributed by atoms with Crippen LogP contribution >= 0.6 is 0 Å². The lowest BCUT2D eigenvalue weighted by Crippen LogP contribution is -2.08. The zero-order valence-electron chi connectivity index (χ0n) is 6.56. The lowest BCUT2D eigenvalue weighted by atomic mass is 10.3. The molecule has 0 aromatic rings. The van der Waals surface area contributed by atoms with Gasteiger partial charge in [-0.2, -0.15) is 0 Å². The minimum absolute atomic E-state index is 1.08. The third kappa shape index (κ3) is 3.47. The first-order valence-corrected chi connectivity index (χ1v) is 1.61. The third-order valence-corrected chi connectivity index (χ3v) is 0.287. The van der Waals surface area contributed by atoms with Gasteiger partial charge < -0.3 is 5.73 Å². The van der Waals surface area contributed by atoms with Crippen LogP contribution in [0.3, 0.4) is 0 Å². The van der Waals surface area contributed by atoms with Crippen molar-refractivity contribution in [1.29, 1.82) is 0 Å². The first kappa shape index (κ1) is 1.96. The Labute approximate surface area is 41.6 Å². The van der Waals surface area contributed by atoms with Gasteiger partial charge in [-0.1, -0.05) is 6.92 Å². The number of nitrogens with two attached hydrogens (primary N) is 1. The van der Waals surface area contributed by atoms with Crippen LogP contribution in [-0.4, -0.2) is 5.91 Å². The molecule has 0 spiro atoms. The highest BCUT2D eigenvalue weighted by Gasteiger charge is 1.84. The van der Waals surface area contributed by atoms with Gasteiger partial charge in [0.2, 0.25) is 5.91 Å². The maximum absolute atomic E-state index is 10.2. The Morgan fingerprint density at radius 1 is 2.17 bits per heavy atom. The molecular weight excluding hydrogens is 78.0 g/mol. The van der Waals surface area contributed by atoms with Gasteiger partial charge in [0.1, 0.15) is 0 Å². The fraction of sp³-hybridized carbons (Fsp3) is 0.750. The van der Waals surface area contributed by atoms with Crippen LogP contribution in [0.4, 0.5) is 0 Å². The van der Waals surface area contributed by atoms with Crippen molar-refractivity contribution in [1.82, 2.24) is 0 Å². The van der Waals surface area contributed by atoms with E-state index in [2.05, 4.69) is 5.73 Å². The van der Waals surface area contributed by atoms with Gasteiger partial charge in [-0.3, -0.25) is 4.79 Å². The van der Waals surface area contributed by atoms with Gasteiger partial charge >= 0.3 is 0 Å². The summed E-state index contributed by atoms with van der Waals surface area (Å²) in [5.74, 6) is -1.08. The van der Waals surface area contributed by atoms with Crippen LogP contribution in [0.25, 0.3) is 0 Å². The second-order valence-electron chi connectivity index (χ2n) is 0.797. The molecule has 1 atom stereocenters. The molecule has 0 rings (SSSR count). The highest BCUT2D eigenvalue weighted by Crippen LogP contribution is 1.79. The molecule has 6 heavy (non-hydrogen) atoms. The molecule has 0 aromatic heterocycles. The van der Waals surface area contributed by atoms with Crippen LogP contribution in [0.1, 0.15) is 23.8 Å². The van der Waals surface area contributed by atoms with E-state index in [1.807, 2.05) is 0 Å². The van der Waals surface area contributed by atoms with Gasteiger partial charge in [-0.05, 0) is 6.40 Å². The van der Waals surface area contributed by atoms with Crippen LogP contribution < -0.4 is 5.73 Å². The van der Waals surface area contributed by atoms with Gasteiger partial charge in [0.05, 0.1) is 0 Å². The molecule has 1 amide bonds. The molecule has 1 unspecified atom stereocenters.